The van der Waals surface area contributed by atoms with E-state index in [2.05, 4.69) is 0 Å². The Kier molecular flexibility index (Phi) is 2.75. The van der Waals surface area contributed by atoms with Crippen molar-refractivity contribution in [1.82, 2.24) is 0 Å². The summed E-state index contributed by atoms with van der Waals surface area (Å²) >= 11 is 0. The molecule has 100 valence electrons. The lowest BCUT2D eigenvalue weighted by atomic mass is 10.0. The van der Waals surface area contributed by atoms with Crippen LogP contribution in [0.1, 0.15) is 0 Å². The van der Waals surface area contributed by atoms with Gasteiger partial charge < -0.3 is 9.52 Å². The zero-order chi connectivity index (χ0) is 14.3. The van der Waals surface area contributed by atoms with E-state index in [1.54, 1.807) is 0 Å². The zero-order valence-corrected chi connectivity index (χ0v) is 10.1. The molecule has 1 N–H and O–H groups in total. The highest BCUT2D eigenvalue weighted by Gasteiger charge is 2.13. The van der Waals surface area contributed by atoms with E-state index in [9.17, 15) is 18.7 Å². The summed E-state index contributed by atoms with van der Waals surface area (Å²) in [4.78, 5) is 12.3. The Balaban J connectivity index is 2.30. The molecule has 1 aromatic heterocycles. The summed E-state index contributed by atoms with van der Waals surface area (Å²) < 4.78 is 31.8. The Morgan fingerprint density at radius 2 is 1.80 bits per heavy atom. The summed E-state index contributed by atoms with van der Waals surface area (Å²) in [7, 11) is 0. The van der Waals surface area contributed by atoms with Gasteiger partial charge in [-0.15, -0.1) is 0 Å². The molecule has 0 amide bonds. The van der Waals surface area contributed by atoms with Crippen molar-refractivity contribution in [2.24, 2.45) is 0 Å². The highest BCUT2D eigenvalue weighted by Crippen LogP contribution is 2.24. The molecule has 0 saturated carbocycles. The smallest absolute Gasteiger partial charge is 0.200 e. The fraction of sp³-hybridized carbons (Fsp3) is 0. The fourth-order valence-corrected chi connectivity index (χ4v) is 2.01. The summed E-state index contributed by atoms with van der Waals surface area (Å²) in [6, 6.07) is 6.98. The zero-order valence-electron chi connectivity index (χ0n) is 10.1. The standard InChI is InChI=1S/C15H8F2O3/c16-8-1-3-10(13(17)5-8)12-7-20-14-6-9(18)2-4-11(14)15(12)19/h1-7,18H. The highest BCUT2D eigenvalue weighted by molar-refractivity contribution is 5.82. The minimum Gasteiger partial charge on any atom is -0.508 e. The molecule has 5 heteroatoms. The van der Waals surface area contributed by atoms with E-state index < -0.39 is 17.1 Å². The number of rotatable bonds is 1. The lowest BCUT2D eigenvalue weighted by Crippen LogP contribution is -2.05. The molecular formula is C15H8F2O3. The van der Waals surface area contributed by atoms with Gasteiger partial charge in [0, 0.05) is 17.7 Å². The molecule has 0 atom stereocenters. The van der Waals surface area contributed by atoms with Gasteiger partial charge in [-0.25, -0.2) is 8.78 Å². The molecule has 2 aromatic carbocycles. The van der Waals surface area contributed by atoms with Crippen LogP contribution < -0.4 is 5.43 Å². The number of fused-ring (bicyclic) bond motifs is 1. The van der Waals surface area contributed by atoms with Crippen LogP contribution >= 0.6 is 0 Å². The van der Waals surface area contributed by atoms with Crippen LogP contribution in [0.3, 0.4) is 0 Å². The Morgan fingerprint density at radius 1 is 1.00 bits per heavy atom. The van der Waals surface area contributed by atoms with Crippen molar-refractivity contribution < 1.29 is 18.3 Å². The molecule has 0 aliphatic heterocycles. The lowest BCUT2D eigenvalue weighted by Gasteiger charge is -2.04. The van der Waals surface area contributed by atoms with E-state index in [1.165, 1.54) is 24.3 Å². The Hall–Kier alpha value is -2.69. The first-order valence-corrected chi connectivity index (χ1v) is 5.76. The first-order valence-electron chi connectivity index (χ1n) is 5.76. The highest BCUT2D eigenvalue weighted by atomic mass is 19.1. The van der Waals surface area contributed by atoms with Gasteiger partial charge in [0.25, 0.3) is 0 Å². The fourth-order valence-electron chi connectivity index (χ4n) is 2.01. The number of aromatic hydroxyl groups is 1. The van der Waals surface area contributed by atoms with Crippen molar-refractivity contribution in [3.05, 3.63) is 64.5 Å². The third kappa shape index (κ3) is 1.93. The molecule has 0 bridgehead atoms. The van der Waals surface area contributed by atoms with E-state index in [4.69, 9.17) is 4.42 Å². The molecule has 0 saturated heterocycles. The van der Waals surface area contributed by atoms with Gasteiger partial charge in [-0.1, -0.05) is 0 Å². The van der Waals surface area contributed by atoms with Crippen LogP contribution in [0.2, 0.25) is 0 Å². The van der Waals surface area contributed by atoms with E-state index in [0.29, 0.717) is 6.07 Å². The quantitative estimate of drug-likeness (QED) is 0.739. The van der Waals surface area contributed by atoms with Crippen LogP contribution in [-0.4, -0.2) is 5.11 Å². The summed E-state index contributed by atoms with van der Waals surface area (Å²) in [5.41, 5.74) is -0.283. The maximum absolute atomic E-state index is 13.7. The van der Waals surface area contributed by atoms with Crippen LogP contribution in [0.4, 0.5) is 8.78 Å². The van der Waals surface area contributed by atoms with Gasteiger partial charge in [-0.3, -0.25) is 4.79 Å². The SMILES string of the molecule is O=c1c(-c2ccc(F)cc2F)coc2cc(O)ccc12. The predicted octanol–water partition coefficient (Wildman–Crippen LogP) is 3.44. The van der Waals surface area contributed by atoms with Gasteiger partial charge in [0.2, 0.25) is 5.43 Å². The van der Waals surface area contributed by atoms with E-state index in [1.807, 2.05) is 0 Å². The molecule has 1 heterocycles. The van der Waals surface area contributed by atoms with E-state index in [0.717, 1.165) is 12.3 Å². The van der Waals surface area contributed by atoms with Crippen LogP contribution in [0.5, 0.6) is 5.75 Å². The Morgan fingerprint density at radius 3 is 2.55 bits per heavy atom. The van der Waals surface area contributed by atoms with Gasteiger partial charge >= 0.3 is 0 Å². The molecule has 0 spiro atoms. The van der Waals surface area contributed by atoms with Crippen LogP contribution in [0, 0.1) is 11.6 Å². The molecule has 0 aliphatic rings. The Labute approximate surface area is 111 Å². The topological polar surface area (TPSA) is 50.4 Å². The second kappa shape index (κ2) is 4.45. The van der Waals surface area contributed by atoms with Gasteiger partial charge in [-0.2, -0.15) is 0 Å². The number of phenols is 1. The minimum atomic E-state index is -0.838. The largest absolute Gasteiger partial charge is 0.508 e. The lowest BCUT2D eigenvalue weighted by molar-refractivity contribution is 0.474. The number of benzene rings is 2. The third-order valence-electron chi connectivity index (χ3n) is 2.98. The maximum Gasteiger partial charge on any atom is 0.200 e. The molecule has 3 rings (SSSR count). The second-order valence-electron chi connectivity index (χ2n) is 4.28. The van der Waals surface area contributed by atoms with Crippen LogP contribution in [0.25, 0.3) is 22.1 Å². The minimum absolute atomic E-state index is 0.000639. The summed E-state index contributed by atoms with van der Waals surface area (Å²) in [5.74, 6) is -1.60. The van der Waals surface area contributed by atoms with Gasteiger partial charge in [-0.05, 0) is 24.3 Å². The molecular weight excluding hydrogens is 266 g/mol. The van der Waals surface area contributed by atoms with Gasteiger partial charge in [0.15, 0.2) is 0 Å². The number of hydrogen-bond acceptors (Lipinski definition) is 3. The molecule has 3 nitrogen and oxygen atoms in total. The monoisotopic (exact) mass is 274 g/mol. The molecule has 0 unspecified atom stereocenters. The van der Waals surface area contributed by atoms with Crippen molar-refractivity contribution in [3.8, 4) is 16.9 Å². The first-order chi connectivity index (χ1) is 9.56. The number of phenolic OH excluding ortho intramolecular Hbond substituents is 1. The van der Waals surface area contributed by atoms with Crippen molar-refractivity contribution in [2.75, 3.05) is 0 Å². The number of halogens is 2. The van der Waals surface area contributed by atoms with E-state index in [-0.39, 0.29) is 27.8 Å². The summed E-state index contributed by atoms with van der Waals surface area (Å²) in [6.07, 6.45) is 1.10. The average molecular weight is 274 g/mol. The average Bonchev–Trinajstić information content (AvgIpc) is 2.40. The predicted molar refractivity (Wildman–Crippen MR) is 69.5 cm³/mol. The second-order valence-corrected chi connectivity index (χ2v) is 4.28. The van der Waals surface area contributed by atoms with Crippen molar-refractivity contribution in [2.45, 2.75) is 0 Å². The van der Waals surface area contributed by atoms with Crippen LogP contribution in [0.15, 0.2) is 51.9 Å². The molecule has 3 aromatic rings. The summed E-state index contributed by atoms with van der Waals surface area (Å²) in [6.45, 7) is 0. The summed E-state index contributed by atoms with van der Waals surface area (Å²) in [5, 5.41) is 9.53. The molecule has 0 radical (unpaired) electrons. The maximum atomic E-state index is 13.7. The van der Waals surface area contributed by atoms with Crippen molar-refractivity contribution in [1.29, 1.82) is 0 Å². The van der Waals surface area contributed by atoms with Crippen molar-refractivity contribution >= 4 is 11.0 Å². The molecule has 20 heavy (non-hydrogen) atoms. The third-order valence-corrected chi connectivity index (χ3v) is 2.98. The number of hydrogen-bond donors (Lipinski definition) is 1. The molecule has 0 aliphatic carbocycles. The molecule has 0 fully saturated rings. The Bertz CT molecular complexity index is 869. The van der Waals surface area contributed by atoms with Gasteiger partial charge in [0.1, 0.15) is 29.2 Å². The normalized spacial score (nSPS) is 10.9. The van der Waals surface area contributed by atoms with Crippen molar-refractivity contribution in [3.63, 3.8) is 0 Å². The first kappa shape index (κ1) is 12.3. The van der Waals surface area contributed by atoms with Gasteiger partial charge in [0.05, 0.1) is 10.9 Å². The van der Waals surface area contributed by atoms with Crippen LogP contribution in [-0.2, 0) is 0 Å². The van der Waals surface area contributed by atoms with E-state index >= 15 is 0 Å².